The van der Waals surface area contributed by atoms with Gasteiger partial charge in [0, 0.05) is 0 Å². The smallest absolute Gasteiger partial charge is 0.211 e. The van der Waals surface area contributed by atoms with Gasteiger partial charge in [-0.05, 0) is 18.4 Å². The average Bonchev–Trinajstić information content (AvgIpc) is 2.37. The first-order valence-electron chi connectivity index (χ1n) is 2.99. The van der Waals surface area contributed by atoms with Crippen LogP contribution in [0.2, 0.25) is 0 Å². The Hall–Kier alpha value is -0.990. The number of nitrogens with zero attached hydrogens (tertiary/aromatic N) is 1. The highest BCUT2D eigenvalue weighted by Gasteiger charge is 2.25. The molecule has 0 bridgehead atoms. The highest BCUT2D eigenvalue weighted by Crippen LogP contribution is 2.29. The third kappa shape index (κ3) is 1.73. The lowest BCUT2D eigenvalue weighted by atomic mass is 10.2. The summed E-state index contributed by atoms with van der Waals surface area (Å²) in [5, 5.41) is 1.73. The molecule has 1 heterocycles. The second-order valence-corrected chi connectivity index (χ2v) is 3.08. The van der Waals surface area contributed by atoms with Crippen molar-refractivity contribution in [2.24, 2.45) is 4.99 Å². The van der Waals surface area contributed by atoms with E-state index in [1.54, 1.807) is 17.5 Å². The molecule has 0 aromatic carbocycles. The van der Waals surface area contributed by atoms with E-state index >= 15 is 0 Å². The van der Waals surface area contributed by atoms with Crippen molar-refractivity contribution in [1.29, 1.82) is 0 Å². The van der Waals surface area contributed by atoms with Crippen LogP contribution in [0.25, 0.3) is 0 Å². The lowest BCUT2D eigenvalue weighted by Gasteiger charge is -2.08. The minimum absolute atomic E-state index is 0.417. The third-order valence-electron chi connectivity index (χ3n) is 1.23. The Morgan fingerprint density at radius 1 is 1.82 bits per heavy atom. The van der Waals surface area contributed by atoms with Crippen molar-refractivity contribution in [3.8, 4) is 0 Å². The Kier molecular flexibility index (Phi) is 2.17. The zero-order valence-corrected chi connectivity index (χ0v) is 6.69. The standard InChI is InChI=1S/C7H6FNOS/c1-7(8,9-5-10)6-3-2-4-11-6/h2-4H,1H3. The molecule has 0 spiro atoms. The van der Waals surface area contributed by atoms with Crippen LogP contribution in [0.4, 0.5) is 4.39 Å². The molecule has 0 N–H and O–H groups in total. The van der Waals surface area contributed by atoms with Gasteiger partial charge in [-0.1, -0.05) is 6.07 Å². The summed E-state index contributed by atoms with van der Waals surface area (Å²) in [6.45, 7) is 1.23. The van der Waals surface area contributed by atoms with Gasteiger partial charge in [0.25, 0.3) is 0 Å². The van der Waals surface area contributed by atoms with Gasteiger partial charge in [0.15, 0.2) is 0 Å². The summed E-state index contributed by atoms with van der Waals surface area (Å²) in [5.74, 6) is -1.91. The Morgan fingerprint density at radius 2 is 2.55 bits per heavy atom. The van der Waals surface area contributed by atoms with Crippen molar-refractivity contribution in [1.82, 2.24) is 0 Å². The zero-order valence-electron chi connectivity index (χ0n) is 5.87. The maximum Gasteiger partial charge on any atom is 0.243 e. The highest BCUT2D eigenvalue weighted by atomic mass is 32.1. The molecule has 0 amide bonds. The Labute approximate surface area is 67.4 Å². The van der Waals surface area contributed by atoms with Gasteiger partial charge in [0.05, 0.1) is 4.88 Å². The second-order valence-electron chi connectivity index (χ2n) is 2.13. The van der Waals surface area contributed by atoms with Crippen LogP contribution >= 0.6 is 11.3 Å². The molecule has 0 saturated heterocycles. The van der Waals surface area contributed by atoms with E-state index in [1.165, 1.54) is 24.3 Å². The first kappa shape index (κ1) is 8.11. The first-order chi connectivity index (χ1) is 5.17. The summed E-state index contributed by atoms with van der Waals surface area (Å²) >= 11 is 1.22. The maximum absolute atomic E-state index is 13.2. The number of isocyanates is 1. The van der Waals surface area contributed by atoms with Gasteiger partial charge in [-0.3, -0.25) is 0 Å². The molecule has 0 saturated carbocycles. The van der Waals surface area contributed by atoms with Gasteiger partial charge in [-0.25, -0.2) is 9.18 Å². The zero-order chi connectivity index (χ0) is 8.32. The predicted octanol–water partition coefficient (Wildman–Crippen LogP) is 2.23. The van der Waals surface area contributed by atoms with Crippen LogP contribution in [0.15, 0.2) is 22.5 Å². The van der Waals surface area contributed by atoms with Crippen LogP contribution in [0, 0.1) is 0 Å². The van der Waals surface area contributed by atoms with Gasteiger partial charge >= 0.3 is 0 Å². The van der Waals surface area contributed by atoms with Crippen molar-refractivity contribution in [3.05, 3.63) is 22.4 Å². The molecule has 58 valence electrons. The number of alkyl halides is 1. The molecule has 4 heteroatoms. The Bertz CT molecular complexity index is 275. The van der Waals surface area contributed by atoms with Crippen molar-refractivity contribution >= 4 is 17.4 Å². The molecule has 2 nitrogen and oxygen atoms in total. The molecule has 1 aromatic rings. The van der Waals surface area contributed by atoms with Crippen LogP contribution in [0.5, 0.6) is 0 Å². The van der Waals surface area contributed by atoms with Crippen LogP contribution in [0.1, 0.15) is 11.8 Å². The number of carbonyl (C=O) groups excluding carboxylic acids is 1. The highest BCUT2D eigenvalue weighted by molar-refractivity contribution is 7.10. The van der Waals surface area contributed by atoms with Gasteiger partial charge in [0.2, 0.25) is 11.9 Å². The number of aliphatic imine (C=N–C) groups is 1. The van der Waals surface area contributed by atoms with E-state index in [4.69, 9.17) is 0 Å². The molecule has 0 fully saturated rings. The molecule has 0 aliphatic heterocycles. The molecule has 1 aromatic heterocycles. The minimum Gasteiger partial charge on any atom is -0.211 e. The van der Waals surface area contributed by atoms with E-state index in [1.807, 2.05) is 0 Å². The monoisotopic (exact) mass is 171 g/mol. The van der Waals surface area contributed by atoms with Gasteiger partial charge in [-0.15, -0.1) is 11.3 Å². The van der Waals surface area contributed by atoms with Crippen molar-refractivity contribution < 1.29 is 9.18 Å². The summed E-state index contributed by atoms with van der Waals surface area (Å²) in [5.41, 5.74) is 0. The van der Waals surface area contributed by atoms with Gasteiger partial charge in [0.1, 0.15) is 0 Å². The molecule has 11 heavy (non-hydrogen) atoms. The summed E-state index contributed by atoms with van der Waals surface area (Å²) in [4.78, 5) is 13.2. The molecule has 1 unspecified atom stereocenters. The number of hydrogen-bond donors (Lipinski definition) is 0. The van der Waals surface area contributed by atoms with E-state index in [0.29, 0.717) is 4.88 Å². The quantitative estimate of drug-likeness (QED) is 0.381. The van der Waals surface area contributed by atoms with E-state index in [-0.39, 0.29) is 0 Å². The summed E-state index contributed by atoms with van der Waals surface area (Å²) in [7, 11) is 0. The number of thiophene rings is 1. The summed E-state index contributed by atoms with van der Waals surface area (Å²) < 4.78 is 13.2. The third-order valence-corrected chi connectivity index (χ3v) is 2.28. The van der Waals surface area contributed by atoms with Gasteiger partial charge in [-0.2, -0.15) is 4.99 Å². The molecular weight excluding hydrogens is 165 g/mol. The molecular formula is C7H6FNOS. The summed E-state index contributed by atoms with van der Waals surface area (Å²) in [6, 6.07) is 3.30. The molecule has 1 atom stereocenters. The SMILES string of the molecule is CC(F)(N=C=O)c1cccs1. The van der Waals surface area contributed by atoms with Crippen LogP contribution < -0.4 is 0 Å². The van der Waals surface area contributed by atoms with Crippen molar-refractivity contribution in [2.75, 3.05) is 0 Å². The van der Waals surface area contributed by atoms with E-state index in [9.17, 15) is 9.18 Å². The molecule has 0 radical (unpaired) electrons. The van der Waals surface area contributed by atoms with E-state index in [2.05, 4.69) is 4.99 Å². The number of halogens is 1. The summed E-state index contributed by atoms with van der Waals surface area (Å²) in [6.07, 6.45) is 1.20. The lowest BCUT2D eigenvalue weighted by Crippen LogP contribution is -2.08. The average molecular weight is 171 g/mol. The first-order valence-corrected chi connectivity index (χ1v) is 3.87. The van der Waals surface area contributed by atoms with Crippen molar-refractivity contribution in [3.63, 3.8) is 0 Å². The molecule has 0 aliphatic carbocycles. The molecule has 0 aliphatic rings. The minimum atomic E-state index is -1.91. The van der Waals surface area contributed by atoms with Crippen LogP contribution in [-0.2, 0) is 10.6 Å². The van der Waals surface area contributed by atoms with Crippen molar-refractivity contribution in [2.45, 2.75) is 12.7 Å². The fourth-order valence-corrected chi connectivity index (χ4v) is 1.40. The Morgan fingerprint density at radius 3 is 3.00 bits per heavy atom. The second kappa shape index (κ2) is 2.95. The molecule has 1 rings (SSSR count). The number of rotatable bonds is 2. The van der Waals surface area contributed by atoms with Gasteiger partial charge < -0.3 is 0 Å². The van der Waals surface area contributed by atoms with Crippen LogP contribution in [-0.4, -0.2) is 6.08 Å². The fraction of sp³-hybridized carbons (Fsp3) is 0.286. The normalized spacial score (nSPS) is 15.1. The largest absolute Gasteiger partial charge is 0.243 e. The topological polar surface area (TPSA) is 29.4 Å². The Balaban J connectivity index is 2.99. The maximum atomic E-state index is 13.2. The van der Waals surface area contributed by atoms with E-state index < -0.39 is 5.79 Å². The van der Waals surface area contributed by atoms with Crippen LogP contribution in [0.3, 0.4) is 0 Å². The predicted molar refractivity (Wildman–Crippen MR) is 40.9 cm³/mol. The lowest BCUT2D eigenvalue weighted by molar-refractivity contribution is 0.211. The fourth-order valence-electron chi connectivity index (χ4n) is 0.679. The number of hydrogen-bond acceptors (Lipinski definition) is 3. The van der Waals surface area contributed by atoms with E-state index in [0.717, 1.165) is 0 Å².